The monoisotopic (exact) mass is 337 g/mol. The molecule has 1 aromatic carbocycles. The van der Waals surface area contributed by atoms with Crippen molar-refractivity contribution in [2.24, 2.45) is 0 Å². The van der Waals surface area contributed by atoms with Gasteiger partial charge in [-0.05, 0) is 25.6 Å². The maximum Gasteiger partial charge on any atom is 0.132 e. The van der Waals surface area contributed by atoms with Gasteiger partial charge in [-0.3, -0.25) is 5.41 Å². The molecule has 132 valence electrons. The van der Waals surface area contributed by atoms with Crippen molar-refractivity contribution in [3.8, 4) is 0 Å². The van der Waals surface area contributed by atoms with Crippen LogP contribution in [0.4, 0.5) is 5.82 Å². The van der Waals surface area contributed by atoms with Crippen LogP contribution in [0.15, 0.2) is 61.4 Å². The fraction of sp³-hybridized carbons (Fsp3) is 0.200. The van der Waals surface area contributed by atoms with E-state index in [4.69, 9.17) is 11.1 Å². The molecule has 0 amide bonds. The first-order valence-electron chi connectivity index (χ1n) is 8.05. The highest BCUT2D eigenvalue weighted by Crippen LogP contribution is 2.16. The summed E-state index contributed by atoms with van der Waals surface area (Å²) in [5, 5.41) is 14.2. The summed E-state index contributed by atoms with van der Waals surface area (Å²) in [5.74, 6) is 0.365. The van der Waals surface area contributed by atoms with Gasteiger partial charge in [-0.1, -0.05) is 49.6 Å². The number of nitrogens with two attached hydrogens (primary N) is 1. The largest absolute Gasteiger partial charge is 0.388 e. The molecular formula is C20H27N5. The molecule has 2 aromatic rings. The summed E-state index contributed by atoms with van der Waals surface area (Å²) in [4.78, 5) is 4.06. The molecule has 0 bridgehead atoms. The van der Waals surface area contributed by atoms with Crippen LogP contribution in [-0.2, 0) is 0 Å². The normalized spacial score (nSPS) is 9.52. The lowest BCUT2D eigenvalue weighted by molar-refractivity contribution is 0.719. The minimum atomic E-state index is 0.365. The summed E-state index contributed by atoms with van der Waals surface area (Å²) < 4.78 is 0. The van der Waals surface area contributed by atoms with Crippen molar-refractivity contribution in [1.29, 1.82) is 5.41 Å². The van der Waals surface area contributed by atoms with E-state index in [1.54, 1.807) is 12.3 Å². The molecule has 0 unspecified atom stereocenters. The molecule has 0 atom stereocenters. The van der Waals surface area contributed by atoms with Crippen LogP contribution in [0.25, 0.3) is 6.08 Å². The van der Waals surface area contributed by atoms with Crippen molar-refractivity contribution < 1.29 is 0 Å². The Bertz CT molecular complexity index is 707. The average molecular weight is 337 g/mol. The lowest BCUT2D eigenvalue weighted by Crippen LogP contribution is -2.22. The van der Waals surface area contributed by atoms with E-state index in [1.807, 2.05) is 50.4 Å². The van der Waals surface area contributed by atoms with Gasteiger partial charge in [0.2, 0.25) is 0 Å². The van der Waals surface area contributed by atoms with Crippen molar-refractivity contribution in [3.63, 3.8) is 0 Å². The smallest absolute Gasteiger partial charge is 0.132 e. The van der Waals surface area contributed by atoms with Gasteiger partial charge in [0.1, 0.15) is 5.82 Å². The molecule has 0 aliphatic heterocycles. The first-order chi connectivity index (χ1) is 12.0. The number of pyridine rings is 1. The fourth-order valence-electron chi connectivity index (χ4n) is 1.96. The number of anilines is 1. The van der Waals surface area contributed by atoms with Crippen LogP contribution in [0.3, 0.4) is 0 Å². The highest BCUT2D eigenvalue weighted by Gasteiger charge is 2.09. The highest BCUT2D eigenvalue weighted by atomic mass is 14.9. The van der Waals surface area contributed by atoms with Crippen molar-refractivity contribution in [2.75, 3.05) is 25.9 Å². The second kappa shape index (κ2) is 10.8. The summed E-state index contributed by atoms with van der Waals surface area (Å²) in [5.41, 5.74) is 9.51. The van der Waals surface area contributed by atoms with Gasteiger partial charge in [0.25, 0.3) is 0 Å². The molecule has 1 heterocycles. The van der Waals surface area contributed by atoms with E-state index >= 15 is 0 Å². The Balaban J connectivity index is 0.000000333. The number of benzene rings is 1. The Labute approximate surface area is 150 Å². The van der Waals surface area contributed by atoms with E-state index in [0.717, 1.165) is 29.9 Å². The van der Waals surface area contributed by atoms with Gasteiger partial charge in [0.05, 0.1) is 5.71 Å². The molecule has 2 rings (SSSR count). The zero-order chi connectivity index (χ0) is 18.7. The van der Waals surface area contributed by atoms with Crippen LogP contribution < -0.4 is 16.4 Å². The number of nitrogens with zero attached hydrogens (tertiary/aromatic N) is 1. The number of nitrogen functional groups attached to an aromatic ring is 1. The van der Waals surface area contributed by atoms with E-state index in [0.29, 0.717) is 17.1 Å². The molecule has 0 saturated carbocycles. The Morgan fingerprint density at radius 2 is 1.96 bits per heavy atom. The quantitative estimate of drug-likeness (QED) is 0.462. The summed E-state index contributed by atoms with van der Waals surface area (Å²) in [6.45, 7) is 11.3. The number of rotatable bonds is 7. The minimum Gasteiger partial charge on any atom is -0.388 e. The van der Waals surface area contributed by atoms with Crippen LogP contribution in [0.1, 0.15) is 23.6 Å². The molecule has 5 nitrogen and oxygen atoms in total. The maximum atomic E-state index is 8.13. The molecule has 25 heavy (non-hydrogen) atoms. The van der Waals surface area contributed by atoms with Gasteiger partial charge in [0, 0.05) is 36.1 Å². The number of allylic oxidation sites excluding steroid dienone is 1. The van der Waals surface area contributed by atoms with Gasteiger partial charge in [-0.25, -0.2) is 4.98 Å². The minimum absolute atomic E-state index is 0.365. The van der Waals surface area contributed by atoms with Gasteiger partial charge >= 0.3 is 0 Å². The zero-order valence-corrected chi connectivity index (χ0v) is 15.0. The summed E-state index contributed by atoms with van der Waals surface area (Å²) in [6, 6.07) is 11.3. The highest BCUT2D eigenvalue weighted by molar-refractivity contribution is 6.13. The molecular weight excluding hydrogens is 310 g/mol. The number of nitrogens with one attached hydrogen (secondary N) is 3. The van der Waals surface area contributed by atoms with Gasteiger partial charge < -0.3 is 16.4 Å². The van der Waals surface area contributed by atoms with E-state index < -0.39 is 0 Å². The van der Waals surface area contributed by atoms with Crippen LogP contribution in [0.2, 0.25) is 0 Å². The van der Waals surface area contributed by atoms with Crippen LogP contribution in [0, 0.1) is 5.41 Å². The molecule has 0 fully saturated rings. The van der Waals surface area contributed by atoms with E-state index in [9.17, 15) is 0 Å². The number of aromatic nitrogens is 1. The fourth-order valence-corrected chi connectivity index (χ4v) is 1.96. The van der Waals surface area contributed by atoms with E-state index in [-0.39, 0.29) is 0 Å². The lowest BCUT2D eigenvalue weighted by Gasteiger charge is -2.07. The van der Waals surface area contributed by atoms with Crippen molar-refractivity contribution in [1.82, 2.24) is 15.6 Å². The molecule has 0 spiro atoms. The van der Waals surface area contributed by atoms with Crippen molar-refractivity contribution >= 4 is 17.6 Å². The summed E-state index contributed by atoms with van der Waals surface area (Å²) in [7, 11) is 1.93. The first-order valence-corrected chi connectivity index (χ1v) is 8.05. The van der Waals surface area contributed by atoms with Crippen molar-refractivity contribution in [3.05, 3.63) is 78.1 Å². The lowest BCUT2D eigenvalue weighted by atomic mass is 10.0. The molecule has 5 heteroatoms. The van der Waals surface area contributed by atoms with E-state index in [1.165, 1.54) is 0 Å². The van der Waals surface area contributed by atoms with Crippen LogP contribution in [0.5, 0.6) is 0 Å². The predicted molar refractivity (Wildman–Crippen MR) is 108 cm³/mol. The molecule has 0 radical (unpaired) electrons. The van der Waals surface area contributed by atoms with Gasteiger partial charge in [-0.2, -0.15) is 0 Å². The molecule has 1 aromatic heterocycles. The third kappa shape index (κ3) is 7.01. The predicted octanol–water partition coefficient (Wildman–Crippen LogP) is 3.05. The zero-order valence-electron chi connectivity index (χ0n) is 15.0. The van der Waals surface area contributed by atoms with Gasteiger partial charge in [-0.15, -0.1) is 0 Å². The summed E-state index contributed by atoms with van der Waals surface area (Å²) in [6.07, 6.45) is 3.33. The number of likely N-dealkylation sites (N-methyl/N-ethyl adjacent to an activating group) is 1. The molecule has 0 aliphatic rings. The standard InChI is InChI=1S/C14H13N3.C6H14N2/c1-2-10-8-12(14(16)17-9-10)13(15)11-6-4-3-5-7-11;1-6(2)8-5-4-7-3/h2-9,15H,1H2,(H2,16,17);7-8H,1,4-5H2,2-3H3. The third-order valence-corrected chi connectivity index (χ3v) is 3.31. The topological polar surface area (TPSA) is 86.8 Å². The second-order valence-electron chi connectivity index (χ2n) is 5.46. The van der Waals surface area contributed by atoms with Gasteiger partial charge in [0.15, 0.2) is 0 Å². The Morgan fingerprint density at radius 3 is 2.52 bits per heavy atom. The third-order valence-electron chi connectivity index (χ3n) is 3.31. The second-order valence-corrected chi connectivity index (χ2v) is 5.46. The molecule has 0 saturated heterocycles. The first kappa shape index (κ1) is 20.1. The summed E-state index contributed by atoms with van der Waals surface area (Å²) >= 11 is 0. The average Bonchev–Trinajstić information content (AvgIpc) is 2.63. The number of hydrogen-bond donors (Lipinski definition) is 4. The number of hydrogen-bond acceptors (Lipinski definition) is 5. The van der Waals surface area contributed by atoms with Crippen LogP contribution >= 0.6 is 0 Å². The Kier molecular flexibility index (Phi) is 8.68. The Hall–Kier alpha value is -2.92. The molecule has 5 N–H and O–H groups in total. The SMILES string of the molecule is C=C(C)NCCNC.C=Cc1cnc(N)c(C(=N)c2ccccc2)c1. The van der Waals surface area contributed by atoms with E-state index in [2.05, 4.69) is 28.8 Å². The Morgan fingerprint density at radius 1 is 1.28 bits per heavy atom. The van der Waals surface area contributed by atoms with Crippen molar-refractivity contribution in [2.45, 2.75) is 6.92 Å². The van der Waals surface area contributed by atoms with Crippen LogP contribution in [-0.4, -0.2) is 30.8 Å². The molecule has 0 aliphatic carbocycles. The maximum absolute atomic E-state index is 8.13.